The van der Waals surface area contributed by atoms with Crippen LogP contribution in [0, 0.1) is 13.8 Å². The third-order valence-electron chi connectivity index (χ3n) is 5.05. The van der Waals surface area contributed by atoms with Gasteiger partial charge in [0, 0.05) is 24.7 Å². The Hall–Kier alpha value is -3.16. The lowest BCUT2D eigenvalue weighted by atomic mass is 10.1. The number of hydrogen-bond donors (Lipinski definition) is 2. The molecule has 2 N–H and O–H groups in total. The Labute approximate surface area is 170 Å². The average molecular weight is 397 g/mol. The van der Waals surface area contributed by atoms with Gasteiger partial charge in [0.25, 0.3) is 5.91 Å². The molecule has 3 rings (SSSR count). The summed E-state index contributed by atoms with van der Waals surface area (Å²) in [5.74, 6) is 0.828. The van der Waals surface area contributed by atoms with Crippen molar-refractivity contribution in [1.82, 2.24) is 15.1 Å². The van der Waals surface area contributed by atoms with Crippen molar-refractivity contribution in [1.29, 1.82) is 0 Å². The van der Waals surface area contributed by atoms with E-state index < -0.39 is 0 Å². The molecule has 8 nitrogen and oxygen atoms in total. The van der Waals surface area contributed by atoms with Gasteiger partial charge in [-0.2, -0.15) is 0 Å². The molecule has 0 aliphatic carbocycles. The van der Waals surface area contributed by atoms with Gasteiger partial charge in [0.15, 0.2) is 5.82 Å². The van der Waals surface area contributed by atoms with Gasteiger partial charge >= 0.3 is 6.09 Å². The molecule has 1 aliphatic rings. The fraction of sp³-hybridized carbons (Fsp3) is 0.429. The first kappa shape index (κ1) is 20.6. The average Bonchev–Trinajstić information content (AvgIpc) is 2.72. The second-order valence-corrected chi connectivity index (χ2v) is 7.16. The van der Waals surface area contributed by atoms with Gasteiger partial charge in [-0.05, 0) is 69.0 Å². The molecule has 2 amide bonds. The van der Waals surface area contributed by atoms with Crippen LogP contribution >= 0.6 is 0 Å². The Morgan fingerprint density at radius 1 is 1.07 bits per heavy atom. The molecule has 1 aromatic carbocycles. The van der Waals surface area contributed by atoms with E-state index in [0.29, 0.717) is 36.9 Å². The van der Waals surface area contributed by atoms with Gasteiger partial charge in [-0.15, -0.1) is 10.2 Å². The lowest BCUT2D eigenvalue weighted by molar-refractivity contribution is 0.0981. The molecule has 8 heteroatoms. The fourth-order valence-electron chi connectivity index (χ4n) is 3.18. The van der Waals surface area contributed by atoms with Gasteiger partial charge in [0.1, 0.15) is 5.82 Å². The number of amides is 2. The van der Waals surface area contributed by atoms with Crippen LogP contribution in [-0.4, -0.2) is 52.8 Å². The molecular weight excluding hydrogens is 370 g/mol. The molecule has 154 valence electrons. The predicted octanol–water partition coefficient (Wildman–Crippen LogP) is 3.38. The van der Waals surface area contributed by atoms with Crippen molar-refractivity contribution in [2.24, 2.45) is 0 Å². The van der Waals surface area contributed by atoms with E-state index in [1.54, 1.807) is 30.0 Å². The van der Waals surface area contributed by atoms with Crippen LogP contribution in [0.25, 0.3) is 0 Å². The minimum absolute atomic E-state index is 0.213. The topological polar surface area (TPSA) is 96.5 Å². The third-order valence-corrected chi connectivity index (χ3v) is 5.05. The number of benzene rings is 1. The standard InChI is InChI=1S/C21H27N5O3/c1-4-29-21(28)26-11-9-17(10-12-26)22-18-7-8-19(25-24-18)23-20(27)16-6-5-14(2)15(3)13-16/h5-8,13,17H,4,9-12H2,1-3H3,(H,22,24)(H,23,25,27). The summed E-state index contributed by atoms with van der Waals surface area (Å²) in [6, 6.07) is 9.31. The zero-order valence-electron chi connectivity index (χ0n) is 17.1. The Kier molecular flexibility index (Phi) is 6.64. The molecule has 2 heterocycles. The van der Waals surface area contributed by atoms with E-state index >= 15 is 0 Å². The van der Waals surface area contributed by atoms with Crippen molar-refractivity contribution in [3.05, 3.63) is 47.0 Å². The minimum atomic E-state index is -0.255. The SMILES string of the molecule is CCOC(=O)N1CCC(Nc2ccc(NC(=O)c3ccc(C)c(C)c3)nn2)CC1. The van der Waals surface area contributed by atoms with Crippen LogP contribution in [0.4, 0.5) is 16.4 Å². The number of rotatable bonds is 5. The van der Waals surface area contributed by atoms with E-state index in [1.165, 1.54) is 0 Å². The molecule has 0 radical (unpaired) electrons. The van der Waals surface area contributed by atoms with Gasteiger partial charge in [0.2, 0.25) is 0 Å². The van der Waals surface area contributed by atoms with Crippen molar-refractivity contribution >= 4 is 23.6 Å². The molecule has 0 spiro atoms. The second kappa shape index (κ2) is 9.36. The summed E-state index contributed by atoms with van der Waals surface area (Å²) in [5.41, 5.74) is 2.80. The van der Waals surface area contributed by atoms with Crippen LogP contribution in [0.1, 0.15) is 41.3 Å². The van der Waals surface area contributed by atoms with Gasteiger partial charge in [-0.3, -0.25) is 4.79 Å². The molecule has 0 unspecified atom stereocenters. The van der Waals surface area contributed by atoms with E-state index in [4.69, 9.17) is 4.74 Å². The monoisotopic (exact) mass is 397 g/mol. The molecule has 1 aromatic heterocycles. The summed E-state index contributed by atoms with van der Waals surface area (Å²) in [5, 5.41) is 14.3. The van der Waals surface area contributed by atoms with Crippen molar-refractivity contribution in [3.63, 3.8) is 0 Å². The lowest BCUT2D eigenvalue weighted by Crippen LogP contribution is -2.42. The van der Waals surface area contributed by atoms with E-state index in [9.17, 15) is 9.59 Å². The number of ether oxygens (including phenoxy) is 1. The number of aryl methyl sites for hydroxylation is 2. The number of piperidine rings is 1. The first-order valence-corrected chi connectivity index (χ1v) is 9.87. The Balaban J connectivity index is 1.51. The molecule has 1 aliphatic heterocycles. The number of likely N-dealkylation sites (tertiary alicyclic amines) is 1. The lowest BCUT2D eigenvalue weighted by Gasteiger charge is -2.31. The molecule has 1 fully saturated rings. The molecule has 2 aromatic rings. The molecule has 1 saturated heterocycles. The molecule has 0 bridgehead atoms. The Morgan fingerprint density at radius 2 is 1.76 bits per heavy atom. The van der Waals surface area contributed by atoms with E-state index in [1.807, 2.05) is 26.0 Å². The van der Waals surface area contributed by atoms with Gasteiger partial charge < -0.3 is 20.3 Å². The summed E-state index contributed by atoms with van der Waals surface area (Å²) in [6.07, 6.45) is 1.37. The van der Waals surface area contributed by atoms with Crippen LogP contribution in [0.5, 0.6) is 0 Å². The second-order valence-electron chi connectivity index (χ2n) is 7.16. The maximum absolute atomic E-state index is 12.4. The quantitative estimate of drug-likeness (QED) is 0.803. The first-order chi connectivity index (χ1) is 14.0. The molecule has 29 heavy (non-hydrogen) atoms. The Morgan fingerprint density at radius 3 is 2.38 bits per heavy atom. The zero-order valence-corrected chi connectivity index (χ0v) is 17.1. The van der Waals surface area contributed by atoms with Gasteiger partial charge in [-0.1, -0.05) is 6.07 Å². The number of hydrogen-bond acceptors (Lipinski definition) is 6. The van der Waals surface area contributed by atoms with E-state index in [2.05, 4.69) is 20.8 Å². The van der Waals surface area contributed by atoms with Crippen molar-refractivity contribution in [2.75, 3.05) is 30.3 Å². The molecule has 0 atom stereocenters. The maximum Gasteiger partial charge on any atom is 0.409 e. The summed E-state index contributed by atoms with van der Waals surface area (Å²) in [6.45, 7) is 7.47. The van der Waals surface area contributed by atoms with Crippen LogP contribution in [0.15, 0.2) is 30.3 Å². The number of aromatic nitrogens is 2. The zero-order chi connectivity index (χ0) is 20.8. The van der Waals surface area contributed by atoms with Crippen LogP contribution in [0.3, 0.4) is 0 Å². The largest absolute Gasteiger partial charge is 0.450 e. The number of nitrogens with one attached hydrogen (secondary N) is 2. The number of carbonyl (C=O) groups excluding carboxylic acids is 2. The summed E-state index contributed by atoms with van der Waals surface area (Å²) >= 11 is 0. The predicted molar refractivity (Wildman–Crippen MR) is 111 cm³/mol. The highest BCUT2D eigenvalue weighted by Crippen LogP contribution is 2.17. The third kappa shape index (κ3) is 5.43. The number of nitrogens with zero attached hydrogens (tertiary/aromatic N) is 3. The van der Waals surface area contributed by atoms with Crippen molar-refractivity contribution in [2.45, 2.75) is 39.7 Å². The van der Waals surface area contributed by atoms with Crippen molar-refractivity contribution < 1.29 is 14.3 Å². The summed E-state index contributed by atoms with van der Waals surface area (Å²) < 4.78 is 5.03. The highest BCUT2D eigenvalue weighted by atomic mass is 16.6. The summed E-state index contributed by atoms with van der Waals surface area (Å²) in [7, 11) is 0. The van der Waals surface area contributed by atoms with Crippen LogP contribution in [0.2, 0.25) is 0 Å². The number of anilines is 2. The highest BCUT2D eigenvalue weighted by molar-refractivity contribution is 6.03. The maximum atomic E-state index is 12.4. The van der Waals surface area contributed by atoms with Gasteiger partial charge in [-0.25, -0.2) is 4.79 Å². The normalized spacial score (nSPS) is 14.4. The van der Waals surface area contributed by atoms with Gasteiger partial charge in [0.05, 0.1) is 6.61 Å². The molecule has 0 saturated carbocycles. The van der Waals surface area contributed by atoms with Crippen LogP contribution < -0.4 is 10.6 Å². The first-order valence-electron chi connectivity index (χ1n) is 9.87. The Bertz CT molecular complexity index is 861. The smallest absolute Gasteiger partial charge is 0.409 e. The van der Waals surface area contributed by atoms with E-state index in [-0.39, 0.29) is 18.0 Å². The van der Waals surface area contributed by atoms with E-state index in [0.717, 1.165) is 24.0 Å². The molecular formula is C21H27N5O3. The summed E-state index contributed by atoms with van der Waals surface area (Å²) in [4.78, 5) is 25.8. The number of carbonyl (C=O) groups is 2. The van der Waals surface area contributed by atoms with Crippen molar-refractivity contribution in [3.8, 4) is 0 Å². The highest BCUT2D eigenvalue weighted by Gasteiger charge is 2.23. The fourth-order valence-corrected chi connectivity index (χ4v) is 3.18. The van der Waals surface area contributed by atoms with Crippen LogP contribution in [-0.2, 0) is 4.74 Å². The minimum Gasteiger partial charge on any atom is -0.450 e.